The Morgan fingerprint density at radius 1 is 1.53 bits per heavy atom. The van der Waals surface area contributed by atoms with Crippen molar-refractivity contribution in [2.24, 2.45) is 11.7 Å². The van der Waals surface area contributed by atoms with E-state index >= 15 is 0 Å². The normalized spacial score (nSPS) is 22.2. The summed E-state index contributed by atoms with van der Waals surface area (Å²) in [4.78, 5) is 14.9. The molecule has 1 fully saturated rings. The molecule has 0 radical (unpaired) electrons. The van der Waals surface area contributed by atoms with Crippen LogP contribution in [0.1, 0.15) is 12.8 Å². The Labute approximate surface area is 113 Å². The predicted molar refractivity (Wildman–Crippen MR) is 72.5 cm³/mol. The molecule has 0 aliphatic heterocycles. The predicted octanol–water partition coefficient (Wildman–Crippen LogP) is 2.32. The Bertz CT molecular complexity index is 622. The summed E-state index contributed by atoms with van der Waals surface area (Å²) in [7, 11) is 0. The fraction of sp³-hybridized carbons (Fsp3) is 0.417. The molecule has 3 rings (SSSR count). The number of hydrogen-bond acceptors (Lipinski definition) is 6. The van der Waals surface area contributed by atoms with Crippen LogP contribution in [0.15, 0.2) is 17.6 Å². The lowest BCUT2D eigenvalue weighted by atomic mass is 9.82. The first kappa shape index (κ1) is 12.3. The van der Waals surface area contributed by atoms with Crippen molar-refractivity contribution in [3.63, 3.8) is 0 Å². The topological polar surface area (TPSA) is 91.3 Å². The maximum Gasteiger partial charge on any atom is 0.337 e. The third-order valence-electron chi connectivity index (χ3n) is 3.44. The van der Waals surface area contributed by atoms with E-state index in [0.717, 1.165) is 17.5 Å². The highest BCUT2D eigenvalue weighted by Crippen LogP contribution is 2.39. The lowest BCUT2D eigenvalue weighted by Gasteiger charge is -2.34. The van der Waals surface area contributed by atoms with Crippen molar-refractivity contribution in [3.8, 4) is 5.75 Å². The Kier molecular flexibility index (Phi) is 3.08. The standard InChI is InChI=1S/C12H13N3O3S/c13-5-7-3-8(4-7)18-9-1-2-10-11(14-6-19-10)12(9)15(16)17/h1-2,6-8H,3-5,13H2. The van der Waals surface area contributed by atoms with Gasteiger partial charge in [-0.25, -0.2) is 4.98 Å². The molecule has 1 aliphatic carbocycles. The first-order chi connectivity index (χ1) is 9.19. The van der Waals surface area contributed by atoms with Gasteiger partial charge in [-0.1, -0.05) is 0 Å². The van der Waals surface area contributed by atoms with Crippen molar-refractivity contribution in [3.05, 3.63) is 27.8 Å². The van der Waals surface area contributed by atoms with Gasteiger partial charge in [-0.05, 0) is 37.4 Å². The highest BCUT2D eigenvalue weighted by molar-refractivity contribution is 7.16. The smallest absolute Gasteiger partial charge is 0.337 e. The highest BCUT2D eigenvalue weighted by Gasteiger charge is 2.32. The summed E-state index contributed by atoms with van der Waals surface area (Å²) in [5, 5.41) is 11.2. The van der Waals surface area contributed by atoms with E-state index in [0.29, 0.717) is 23.7 Å². The van der Waals surface area contributed by atoms with Crippen LogP contribution in [0.4, 0.5) is 5.69 Å². The number of hydrogen-bond donors (Lipinski definition) is 1. The minimum atomic E-state index is -0.420. The molecule has 1 heterocycles. The monoisotopic (exact) mass is 279 g/mol. The molecule has 0 unspecified atom stereocenters. The van der Waals surface area contributed by atoms with Crippen LogP contribution in [0.5, 0.6) is 5.75 Å². The van der Waals surface area contributed by atoms with Gasteiger partial charge in [-0.2, -0.15) is 0 Å². The van der Waals surface area contributed by atoms with Gasteiger partial charge in [0, 0.05) is 0 Å². The van der Waals surface area contributed by atoms with Crippen LogP contribution >= 0.6 is 11.3 Å². The van der Waals surface area contributed by atoms with Crippen molar-refractivity contribution < 1.29 is 9.66 Å². The molecule has 0 spiro atoms. The number of benzene rings is 1. The molecule has 1 saturated carbocycles. The second kappa shape index (κ2) is 4.75. The van der Waals surface area contributed by atoms with E-state index in [9.17, 15) is 10.1 Å². The average Bonchev–Trinajstić information content (AvgIpc) is 2.80. The third kappa shape index (κ3) is 2.15. The minimum Gasteiger partial charge on any atom is -0.483 e. The van der Waals surface area contributed by atoms with Gasteiger partial charge in [0.05, 0.1) is 21.2 Å². The van der Waals surface area contributed by atoms with Gasteiger partial charge in [-0.3, -0.25) is 10.1 Å². The van der Waals surface area contributed by atoms with Crippen LogP contribution in [-0.4, -0.2) is 22.6 Å². The number of fused-ring (bicyclic) bond motifs is 1. The molecule has 6 nitrogen and oxygen atoms in total. The molecule has 1 aliphatic rings. The number of aromatic nitrogens is 1. The van der Waals surface area contributed by atoms with Gasteiger partial charge in [-0.15, -0.1) is 11.3 Å². The summed E-state index contributed by atoms with van der Waals surface area (Å²) < 4.78 is 6.52. The molecule has 2 N–H and O–H groups in total. The SMILES string of the molecule is NCC1CC(Oc2ccc3scnc3c2[N+](=O)[O-])C1. The van der Waals surface area contributed by atoms with Crippen LogP contribution in [0.2, 0.25) is 0 Å². The van der Waals surface area contributed by atoms with Crippen LogP contribution in [0.25, 0.3) is 10.2 Å². The van der Waals surface area contributed by atoms with Crippen molar-refractivity contribution in [1.82, 2.24) is 4.98 Å². The molecular weight excluding hydrogens is 266 g/mol. The highest BCUT2D eigenvalue weighted by atomic mass is 32.1. The van der Waals surface area contributed by atoms with E-state index in [1.165, 1.54) is 11.3 Å². The van der Waals surface area contributed by atoms with Crippen molar-refractivity contribution in [2.45, 2.75) is 18.9 Å². The van der Waals surface area contributed by atoms with E-state index in [1.807, 2.05) is 6.07 Å². The van der Waals surface area contributed by atoms with Crippen LogP contribution in [0.3, 0.4) is 0 Å². The van der Waals surface area contributed by atoms with Crippen molar-refractivity contribution >= 4 is 27.2 Å². The Balaban J connectivity index is 1.90. The quantitative estimate of drug-likeness (QED) is 0.685. The summed E-state index contributed by atoms with van der Waals surface area (Å²) in [5.74, 6) is 0.788. The van der Waals surface area contributed by atoms with Gasteiger partial charge in [0.25, 0.3) is 0 Å². The fourth-order valence-corrected chi connectivity index (χ4v) is 2.99. The number of nitro groups is 1. The number of thiazole rings is 1. The van der Waals surface area contributed by atoms with Crippen LogP contribution in [-0.2, 0) is 0 Å². The lowest BCUT2D eigenvalue weighted by molar-refractivity contribution is -0.384. The number of nitrogens with two attached hydrogens (primary N) is 1. The second-order valence-corrected chi connectivity index (χ2v) is 5.57. The Hall–Kier alpha value is -1.73. The molecule has 1 aromatic carbocycles. The summed E-state index contributed by atoms with van der Waals surface area (Å²) in [6.45, 7) is 0.646. The minimum absolute atomic E-state index is 0.0309. The summed E-state index contributed by atoms with van der Waals surface area (Å²) >= 11 is 1.38. The zero-order valence-corrected chi connectivity index (χ0v) is 10.9. The molecule has 19 heavy (non-hydrogen) atoms. The summed E-state index contributed by atoms with van der Waals surface area (Å²) in [6.07, 6.45) is 1.76. The van der Waals surface area contributed by atoms with Crippen molar-refractivity contribution in [1.29, 1.82) is 0 Å². The largest absolute Gasteiger partial charge is 0.483 e. The third-order valence-corrected chi connectivity index (χ3v) is 4.23. The molecule has 0 bridgehead atoms. The van der Waals surface area contributed by atoms with Gasteiger partial charge >= 0.3 is 5.69 Å². The average molecular weight is 279 g/mol. The molecule has 0 saturated heterocycles. The van der Waals surface area contributed by atoms with Gasteiger partial charge in [0.1, 0.15) is 0 Å². The molecule has 2 aromatic rings. The lowest BCUT2D eigenvalue weighted by Crippen LogP contribution is -2.37. The molecule has 1 aromatic heterocycles. The number of nitrogens with zero attached hydrogens (tertiary/aromatic N) is 2. The first-order valence-electron chi connectivity index (χ1n) is 6.06. The van der Waals surface area contributed by atoms with E-state index in [-0.39, 0.29) is 11.8 Å². The van der Waals surface area contributed by atoms with E-state index < -0.39 is 4.92 Å². The van der Waals surface area contributed by atoms with Crippen molar-refractivity contribution in [2.75, 3.05) is 6.54 Å². The van der Waals surface area contributed by atoms with Gasteiger partial charge in [0.2, 0.25) is 0 Å². The molecular formula is C12H13N3O3S. The van der Waals surface area contributed by atoms with Crippen LogP contribution in [0, 0.1) is 16.0 Å². The molecule has 0 amide bonds. The van der Waals surface area contributed by atoms with E-state index in [4.69, 9.17) is 10.5 Å². The maximum absolute atomic E-state index is 11.2. The van der Waals surface area contributed by atoms with Gasteiger partial charge < -0.3 is 10.5 Å². The molecule has 0 atom stereocenters. The summed E-state index contributed by atoms with van der Waals surface area (Å²) in [5.41, 5.74) is 7.53. The second-order valence-electron chi connectivity index (χ2n) is 4.68. The first-order valence-corrected chi connectivity index (χ1v) is 6.94. The number of nitro benzene ring substituents is 1. The Morgan fingerprint density at radius 2 is 2.32 bits per heavy atom. The number of ether oxygens (including phenoxy) is 1. The van der Waals surface area contributed by atoms with E-state index in [1.54, 1.807) is 11.6 Å². The Morgan fingerprint density at radius 3 is 3.00 bits per heavy atom. The molecule has 100 valence electrons. The molecule has 7 heteroatoms. The fourth-order valence-electron chi connectivity index (χ4n) is 2.31. The maximum atomic E-state index is 11.2. The van der Waals surface area contributed by atoms with Gasteiger partial charge in [0.15, 0.2) is 11.3 Å². The van der Waals surface area contributed by atoms with E-state index in [2.05, 4.69) is 4.98 Å². The van der Waals surface area contributed by atoms with Crippen LogP contribution < -0.4 is 10.5 Å². The number of rotatable bonds is 4. The summed E-state index contributed by atoms with van der Waals surface area (Å²) in [6, 6.07) is 3.48. The zero-order valence-electron chi connectivity index (χ0n) is 10.1. The zero-order chi connectivity index (χ0) is 13.4.